The molecule has 0 amide bonds. The van der Waals surface area contributed by atoms with Gasteiger partial charge in [-0.05, 0) is 19.8 Å². The van der Waals surface area contributed by atoms with Crippen LogP contribution in [0, 0.1) is 6.92 Å². The fraction of sp³-hybridized carbons (Fsp3) is 0.357. The highest BCUT2D eigenvalue weighted by atomic mass is 32.2. The van der Waals surface area contributed by atoms with E-state index in [0.717, 1.165) is 16.3 Å². The van der Waals surface area contributed by atoms with Crippen molar-refractivity contribution in [1.29, 1.82) is 0 Å². The predicted molar refractivity (Wildman–Crippen MR) is 74.5 cm³/mol. The molecular formula is C14H15N3OS. The van der Waals surface area contributed by atoms with Crippen molar-refractivity contribution >= 4 is 17.5 Å². The summed E-state index contributed by atoms with van der Waals surface area (Å²) in [5.41, 5.74) is 1.92. The highest BCUT2D eigenvalue weighted by Gasteiger charge is 2.26. The van der Waals surface area contributed by atoms with E-state index in [-0.39, 0.29) is 5.78 Å². The van der Waals surface area contributed by atoms with E-state index >= 15 is 0 Å². The molecule has 1 fully saturated rings. The monoisotopic (exact) mass is 273 g/mol. The number of thioether (sulfide) groups is 1. The van der Waals surface area contributed by atoms with Crippen molar-refractivity contribution in [2.45, 2.75) is 31.0 Å². The quantitative estimate of drug-likeness (QED) is 0.621. The summed E-state index contributed by atoms with van der Waals surface area (Å²) in [5.74, 6) is 0.546. The van der Waals surface area contributed by atoms with Gasteiger partial charge < -0.3 is 4.57 Å². The topological polar surface area (TPSA) is 47.8 Å². The molecule has 0 aliphatic heterocycles. The number of nitrogens with zero attached hydrogens (tertiary/aromatic N) is 3. The van der Waals surface area contributed by atoms with Crippen LogP contribution in [0.5, 0.6) is 0 Å². The number of carbonyl (C=O) groups is 1. The second-order valence-corrected chi connectivity index (χ2v) is 5.77. The number of hydrogen-bond acceptors (Lipinski definition) is 4. The third-order valence-electron chi connectivity index (χ3n) is 3.19. The Bertz CT molecular complexity index is 587. The normalized spacial score (nSPS) is 14.6. The first-order chi connectivity index (χ1) is 9.24. The maximum Gasteiger partial charge on any atom is 0.191 e. The van der Waals surface area contributed by atoms with Gasteiger partial charge in [0.05, 0.1) is 5.75 Å². The van der Waals surface area contributed by atoms with Crippen LogP contribution < -0.4 is 0 Å². The molecule has 2 aromatic rings. The summed E-state index contributed by atoms with van der Waals surface area (Å²) in [6.07, 6.45) is 4.14. The zero-order chi connectivity index (χ0) is 13.2. The van der Waals surface area contributed by atoms with E-state index in [2.05, 4.69) is 14.8 Å². The van der Waals surface area contributed by atoms with E-state index in [9.17, 15) is 4.79 Å². The van der Waals surface area contributed by atoms with E-state index in [1.54, 1.807) is 6.33 Å². The summed E-state index contributed by atoms with van der Waals surface area (Å²) in [7, 11) is 0. The largest absolute Gasteiger partial charge is 0.306 e. The molecule has 1 aliphatic carbocycles. The van der Waals surface area contributed by atoms with Crippen LogP contribution in [0.15, 0.2) is 35.7 Å². The fourth-order valence-electron chi connectivity index (χ4n) is 1.89. The molecule has 0 atom stereocenters. The zero-order valence-electron chi connectivity index (χ0n) is 10.7. The van der Waals surface area contributed by atoms with Gasteiger partial charge in [0.15, 0.2) is 10.9 Å². The SMILES string of the molecule is Cc1ccc(C(=O)CSc2nncn2C2CC2)cc1. The zero-order valence-corrected chi connectivity index (χ0v) is 11.6. The average molecular weight is 273 g/mol. The summed E-state index contributed by atoms with van der Waals surface area (Å²) >= 11 is 1.47. The van der Waals surface area contributed by atoms with Crippen LogP contribution in [-0.4, -0.2) is 26.3 Å². The lowest BCUT2D eigenvalue weighted by molar-refractivity contribution is 0.102. The highest BCUT2D eigenvalue weighted by Crippen LogP contribution is 2.37. The molecule has 19 heavy (non-hydrogen) atoms. The molecule has 0 bridgehead atoms. The molecule has 1 saturated carbocycles. The molecule has 4 nitrogen and oxygen atoms in total. The Balaban J connectivity index is 1.63. The second kappa shape index (κ2) is 5.17. The van der Waals surface area contributed by atoms with Crippen molar-refractivity contribution in [1.82, 2.24) is 14.8 Å². The van der Waals surface area contributed by atoms with E-state index in [0.29, 0.717) is 11.8 Å². The Morgan fingerprint density at radius 1 is 1.37 bits per heavy atom. The van der Waals surface area contributed by atoms with Crippen LogP contribution in [0.1, 0.15) is 34.8 Å². The summed E-state index contributed by atoms with van der Waals surface area (Å²) in [4.78, 5) is 12.1. The molecule has 0 spiro atoms. The van der Waals surface area contributed by atoms with Crippen molar-refractivity contribution in [2.75, 3.05) is 5.75 Å². The van der Waals surface area contributed by atoms with Crippen molar-refractivity contribution in [3.05, 3.63) is 41.7 Å². The maximum absolute atomic E-state index is 12.1. The first-order valence-corrected chi connectivity index (χ1v) is 7.35. The number of Topliss-reactive ketones (excluding diaryl/α,β-unsaturated/α-hetero) is 1. The van der Waals surface area contributed by atoms with Gasteiger partial charge in [-0.3, -0.25) is 4.79 Å². The number of ketones is 1. The van der Waals surface area contributed by atoms with Crippen molar-refractivity contribution in [2.24, 2.45) is 0 Å². The van der Waals surface area contributed by atoms with E-state index in [4.69, 9.17) is 0 Å². The van der Waals surface area contributed by atoms with Crippen LogP contribution in [-0.2, 0) is 0 Å². The summed E-state index contributed by atoms with van der Waals surface area (Å²) in [5, 5.41) is 8.86. The Hall–Kier alpha value is -1.62. The molecule has 1 aromatic heterocycles. The summed E-state index contributed by atoms with van der Waals surface area (Å²) in [6, 6.07) is 8.23. The van der Waals surface area contributed by atoms with E-state index in [1.165, 1.54) is 24.6 Å². The standard InChI is InChI=1S/C14H15N3OS/c1-10-2-4-11(5-3-10)13(18)8-19-14-16-15-9-17(14)12-6-7-12/h2-5,9,12H,6-8H2,1H3. The number of hydrogen-bond donors (Lipinski definition) is 0. The number of aryl methyl sites for hydroxylation is 1. The number of benzene rings is 1. The van der Waals surface area contributed by atoms with Gasteiger partial charge >= 0.3 is 0 Å². The first-order valence-electron chi connectivity index (χ1n) is 6.36. The Kier molecular flexibility index (Phi) is 3.38. The predicted octanol–water partition coefficient (Wildman–Crippen LogP) is 2.90. The van der Waals surface area contributed by atoms with Crippen LogP contribution in [0.3, 0.4) is 0 Å². The minimum Gasteiger partial charge on any atom is -0.306 e. The lowest BCUT2D eigenvalue weighted by Gasteiger charge is -2.04. The number of aromatic nitrogens is 3. The van der Waals surface area contributed by atoms with Gasteiger partial charge in [-0.15, -0.1) is 10.2 Å². The van der Waals surface area contributed by atoms with Gasteiger partial charge in [0, 0.05) is 11.6 Å². The van der Waals surface area contributed by atoms with Crippen LogP contribution in [0.25, 0.3) is 0 Å². The van der Waals surface area contributed by atoms with Crippen molar-refractivity contribution in [3.63, 3.8) is 0 Å². The molecule has 0 radical (unpaired) electrons. The number of rotatable bonds is 5. The Morgan fingerprint density at radius 3 is 2.79 bits per heavy atom. The Morgan fingerprint density at radius 2 is 2.11 bits per heavy atom. The first kappa shape index (κ1) is 12.4. The van der Waals surface area contributed by atoms with Crippen LogP contribution >= 0.6 is 11.8 Å². The van der Waals surface area contributed by atoms with Gasteiger partial charge in [0.1, 0.15) is 6.33 Å². The average Bonchev–Trinajstić information content (AvgIpc) is 3.16. The third-order valence-corrected chi connectivity index (χ3v) is 4.14. The van der Waals surface area contributed by atoms with Gasteiger partial charge in [-0.2, -0.15) is 0 Å². The number of carbonyl (C=O) groups excluding carboxylic acids is 1. The third kappa shape index (κ3) is 2.87. The minimum atomic E-state index is 0.135. The summed E-state index contributed by atoms with van der Waals surface area (Å²) < 4.78 is 2.08. The lowest BCUT2D eigenvalue weighted by atomic mass is 10.1. The molecule has 3 rings (SSSR count). The van der Waals surface area contributed by atoms with Crippen LogP contribution in [0.2, 0.25) is 0 Å². The van der Waals surface area contributed by atoms with Gasteiger partial charge in [0.25, 0.3) is 0 Å². The molecule has 0 saturated heterocycles. The van der Waals surface area contributed by atoms with Crippen LogP contribution in [0.4, 0.5) is 0 Å². The molecule has 98 valence electrons. The Labute approximate surface area is 116 Å². The molecule has 1 aromatic carbocycles. The molecular weight excluding hydrogens is 258 g/mol. The summed E-state index contributed by atoms with van der Waals surface area (Å²) in [6.45, 7) is 2.01. The maximum atomic E-state index is 12.1. The van der Waals surface area contributed by atoms with E-state index < -0.39 is 0 Å². The fourth-order valence-corrected chi connectivity index (χ4v) is 2.77. The second-order valence-electron chi connectivity index (χ2n) is 4.83. The molecule has 1 heterocycles. The lowest BCUT2D eigenvalue weighted by Crippen LogP contribution is -2.04. The van der Waals surface area contributed by atoms with Gasteiger partial charge in [-0.25, -0.2) is 0 Å². The molecule has 0 N–H and O–H groups in total. The highest BCUT2D eigenvalue weighted by molar-refractivity contribution is 7.99. The van der Waals surface area contributed by atoms with Gasteiger partial charge in [-0.1, -0.05) is 41.6 Å². The molecule has 0 unspecified atom stereocenters. The van der Waals surface area contributed by atoms with Crippen molar-refractivity contribution in [3.8, 4) is 0 Å². The van der Waals surface area contributed by atoms with Gasteiger partial charge in [0.2, 0.25) is 0 Å². The minimum absolute atomic E-state index is 0.135. The molecule has 5 heteroatoms. The van der Waals surface area contributed by atoms with E-state index in [1.807, 2.05) is 31.2 Å². The molecule has 1 aliphatic rings. The van der Waals surface area contributed by atoms with Crippen molar-refractivity contribution < 1.29 is 4.79 Å². The smallest absolute Gasteiger partial charge is 0.191 e.